The summed E-state index contributed by atoms with van der Waals surface area (Å²) in [6, 6.07) is 8.31. The number of hydrogen-bond donors (Lipinski definition) is 4. The first kappa shape index (κ1) is 22.5. The number of amides is 1. The molecule has 4 rings (SSSR count). The molecule has 0 bridgehead atoms. The van der Waals surface area contributed by atoms with Gasteiger partial charge in [-0.15, -0.1) is 0 Å². The maximum absolute atomic E-state index is 12.8. The van der Waals surface area contributed by atoms with Crippen LogP contribution < -0.4 is 15.5 Å². The van der Waals surface area contributed by atoms with Crippen LogP contribution in [0.1, 0.15) is 61.5 Å². The molecule has 0 aliphatic carbocycles. The quantitative estimate of drug-likeness (QED) is 0.324. The molecule has 3 heterocycles. The minimum Gasteiger partial charge on any atom is -0.504 e. The second kappa shape index (κ2) is 8.68. The number of phenols is 1. The summed E-state index contributed by atoms with van der Waals surface area (Å²) in [6.07, 6.45) is 1.91. The van der Waals surface area contributed by atoms with Gasteiger partial charge in [0.15, 0.2) is 5.75 Å². The third-order valence-electron chi connectivity index (χ3n) is 5.73. The van der Waals surface area contributed by atoms with Crippen molar-refractivity contribution in [3.05, 3.63) is 47.4 Å². The van der Waals surface area contributed by atoms with Crippen LogP contribution in [0.2, 0.25) is 0 Å². The van der Waals surface area contributed by atoms with Crippen molar-refractivity contribution >= 4 is 23.2 Å². The van der Waals surface area contributed by atoms with E-state index in [0.29, 0.717) is 23.8 Å². The van der Waals surface area contributed by atoms with Crippen LogP contribution in [0, 0.1) is 12.3 Å². The Balaban J connectivity index is 1.62. The lowest BCUT2D eigenvalue weighted by molar-refractivity contribution is -1.03. The summed E-state index contributed by atoms with van der Waals surface area (Å²) < 4.78 is 10.8. The number of aromatic hydroxyl groups is 1. The summed E-state index contributed by atoms with van der Waals surface area (Å²) >= 11 is 0. The molecule has 0 unspecified atom stereocenters. The highest BCUT2D eigenvalue weighted by atomic mass is 16.8. The molecule has 0 saturated carbocycles. The van der Waals surface area contributed by atoms with Crippen LogP contribution in [-0.2, 0) is 0 Å². The average molecular weight is 457 g/mol. The molecule has 3 aromatic rings. The molecule has 10 heteroatoms. The molecule has 1 amide bonds. The van der Waals surface area contributed by atoms with E-state index in [4.69, 9.17) is 9.05 Å². The Morgan fingerprint density at radius 3 is 2.58 bits per heavy atom. The van der Waals surface area contributed by atoms with Gasteiger partial charge in [-0.25, -0.2) is 0 Å². The van der Waals surface area contributed by atoms with Crippen molar-refractivity contribution in [2.45, 2.75) is 46.6 Å². The van der Waals surface area contributed by atoms with Crippen LogP contribution in [0.15, 0.2) is 39.4 Å². The number of rotatable bonds is 6. The van der Waals surface area contributed by atoms with E-state index in [2.05, 4.69) is 15.8 Å². The van der Waals surface area contributed by atoms with Gasteiger partial charge in [-0.1, -0.05) is 31.5 Å². The fourth-order valence-corrected chi connectivity index (χ4v) is 3.95. The Kier molecular flexibility index (Phi) is 5.92. The molecular weight excluding hydrogens is 426 g/mol. The number of carbonyl (C=O) groups excluding carboxylic acids is 1. The molecule has 1 fully saturated rings. The van der Waals surface area contributed by atoms with Gasteiger partial charge in [0.25, 0.3) is 5.91 Å². The summed E-state index contributed by atoms with van der Waals surface area (Å²) in [5.41, 5.74) is 0.150. The highest BCUT2D eigenvalue weighted by Crippen LogP contribution is 2.38. The molecular formula is C23H30N5O5+. The van der Waals surface area contributed by atoms with Gasteiger partial charge in [0.05, 0.1) is 11.6 Å². The molecule has 0 radical (unpaired) electrons. The zero-order valence-corrected chi connectivity index (χ0v) is 19.3. The fourth-order valence-electron chi connectivity index (χ4n) is 3.95. The number of likely N-dealkylation sites (tertiary alicyclic amines) is 1. The summed E-state index contributed by atoms with van der Waals surface area (Å²) in [6.45, 7) is 9.35. The fraction of sp³-hybridized carbons (Fsp3) is 0.435. The lowest BCUT2D eigenvalue weighted by atomic mass is 9.85. The Hall–Kier alpha value is -3.69. The standard InChI is InChI=1S/C23H29N5O5/c1-14-10-11-17(32-14)19(23(2,3)4)25-20-21(28(31)33-26-20)24-16-9-7-8-15(18(16)29)22(30)27-12-5-6-13-27/h7-11,19,31H,5-6,12-13H2,1-4H3,(H2,25,26,29,30)/p+1/t19-/m0/s1. The maximum Gasteiger partial charge on any atom is 0.370 e. The van der Waals surface area contributed by atoms with E-state index in [0.717, 1.165) is 18.6 Å². The molecule has 2 aromatic heterocycles. The summed E-state index contributed by atoms with van der Waals surface area (Å²) in [5.74, 6) is 1.32. The third-order valence-corrected chi connectivity index (χ3v) is 5.73. The smallest absolute Gasteiger partial charge is 0.370 e. The normalized spacial score (nSPS) is 15.0. The number of aromatic nitrogens is 2. The van der Waals surface area contributed by atoms with E-state index < -0.39 is 0 Å². The van der Waals surface area contributed by atoms with Crippen molar-refractivity contribution in [1.29, 1.82) is 0 Å². The maximum atomic E-state index is 12.8. The van der Waals surface area contributed by atoms with Gasteiger partial charge >= 0.3 is 11.6 Å². The van der Waals surface area contributed by atoms with Crippen LogP contribution >= 0.6 is 0 Å². The lowest BCUT2D eigenvalue weighted by Crippen LogP contribution is -2.31. The van der Waals surface area contributed by atoms with E-state index in [9.17, 15) is 15.1 Å². The molecule has 176 valence electrons. The zero-order chi connectivity index (χ0) is 23.8. The molecule has 1 atom stereocenters. The van der Waals surface area contributed by atoms with Crippen LogP contribution in [0.3, 0.4) is 0 Å². The topological polar surface area (TPSA) is 128 Å². The molecule has 10 nitrogen and oxygen atoms in total. The zero-order valence-electron chi connectivity index (χ0n) is 19.3. The number of anilines is 3. The molecule has 1 aromatic carbocycles. The highest BCUT2D eigenvalue weighted by Gasteiger charge is 2.35. The van der Waals surface area contributed by atoms with Crippen molar-refractivity contribution in [2.24, 2.45) is 5.41 Å². The van der Waals surface area contributed by atoms with Crippen LogP contribution in [0.25, 0.3) is 0 Å². The summed E-state index contributed by atoms with van der Waals surface area (Å²) in [5, 5.41) is 31.1. The largest absolute Gasteiger partial charge is 0.504 e. The molecule has 4 N–H and O–H groups in total. The van der Waals surface area contributed by atoms with E-state index in [-0.39, 0.29) is 46.0 Å². The van der Waals surface area contributed by atoms with Gasteiger partial charge in [-0.2, -0.15) is 0 Å². The Bertz CT molecular complexity index is 1140. The van der Waals surface area contributed by atoms with Gasteiger partial charge in [-0.3, -0.25) is 10.1 Å². The number of hydrogen-bond acceptors (Lipinski definition) is 8. The SMILES string of the molecule is Cc1ccc([C@H](Nc2no[n+](O)c2Nc2cccc(C(=O)N3CCCC3)c2O)C(C)(C)C)o1. The Labute approximate surface area is 191 Å². The first-order valence-electron chi connectivity index (χ1n) is 11.0. The second-order valence-electron chi connectivity index (χ2n) is 9.36. The number of aryl methyl sites for hydroxylation is 1. The van der Waals surface area contributed by atoms with E-state index >= 15 is 0 Å². The van der Waals surface area contributed by atoms with Crippen molar-refractivity contribution in [1.82, 2.24) is 10.1 Å². The molecule has 33 heavy (non-hydrogen) atoms. The van der Waals surface area contributed by atoms with Crippen LogP contribution in [0.4, 0.5) is 17.3 Å². The summed E-state index contributed by atoms with van der Waals surface area (Å²) in [4.78, 5) is 15.0. The highest BCUT2D eigenvalue weighted by molar-refractivity contribution is 5.99. The number of nitrogens with zero attached hydrogens (tertiary/aromatic N) is 3. The van der Waals surface area contributed by atoms with E-state index in [1.54, 1.807) is 23.1 Å². The predicted molar refractivity (Wildman–Crippen MR) is 120 cm³/mol. The first-order valence-corrected chi connectivity index (χ1v) is 11.0. The van der Waals surface area contributed by atoms with Crippen LogP contribution in [-0.4, -0.2) is 39.4 Å². The van der Waals surface area contributed by atoms with Crippen LogP contribution in [0.5, 0.6) is 5.75 Å². The first-order chi connectivity index (χ1) is 15.6. The number of benzene rings is 1. The molecule has 0 spiro atoms. The minimum atomic E-state index is -0.298. The van der Waals surface area contributed by atoms with Crippen molar-refractivity contribution < 1.29 is 29.1 Å². The van der Waals surface area contributed by atoms with E-state index in [1.807, 2.05) is 39.8 Å². The van der Waals surface area contributed by atoms with Gasteiger partial charge in [-0.05, 0) is 49.4 Å². The monoisotopic (exact) mass is 456 g/mol. The minimum absolute atomic E-state index is 0.0635. The van der Waals surface area contributed by atoms with Gasteiger partial charge in [0.2, 0.25) is 0 Å². The number of carbonyl (C=O) groups is 1. The van der Waals surface area contributed by atoms with Gasteiger partial charge in [0, 0.05) is 13.1 Å². The number of furan rings is 1. The Morgan fingerprint density at radius 1 is 1.21 bits per heavy atom. The second-order valence-corrected chi connectivity index (χ2v) is 9.36. The number of para-hydroxylation sites is 1. The average Bonchev–Trinajstić information content (AvgIpc) is 3.50. The van der Waals surface area contributed by atoms with Gasteiger partial charge in [0.1, 0.15) is 27.3 Å². The van der Waals surface area contributed by atoms with Gasteiger partial charge < -0.3 is 24.9 Å². The van der Waals surface area contributed by atoms with Crippen molar-refractivity contribution in [2.75, 3.05) is 23.7 Å². The number of phenolic OH excluding ortho intramolecular Hbond substituents is 1. The van der Waals surface area contributed by atoms with Crippen molar-refractivity contribution in [3.8, 4) is 5.75 Å². The van der Waals surface area contributed by atoms with Crippen molar-refractivity contribution in [3.63, 3.8) is 0 Å². The molecule has 1 saturated heterocycles. The Morgan fingerprint density at radius 2 is 1.94 bits per heavy atom. The number of nitrogens with one attached hydrogen (secondary N) is 2. The van der Waals surface area contributed by atoms with E-state index in [1.165, 1.54) is 0 Å². The summed E-state index contributed by atoms with van der Waals surface area (Å²) in [7, 11) is 0. The third kappa shape index (κ3) is 4.59. The predicted octanol–water partition coefficient (Wildman–Crippen LogP) is 3.99. The lowest BCUT2D eigenvalue weighted by Gasteiger charge is -2.29. The molecule has 1 aliphatic heterocycles. The molecule has 1 aliphatic rings.